The Balaban J connectivity index is 1.58. The molecule has 2 heteroatoms. The fourth-order valence-electron chi connectivity index (χ4n) is 2.00. The van der Waals surface area contributed by atoms with Crippen molar-refractivity contribution < 1.29 is 9.47 Å². The van der Waals surface area contributed by atoms with Crippen LogP contribution in [0, 0.1) is 5.92 Å². The highest BCUT2D eigenvalue weighted by Crippen LogP contribution is 2.12. The van der Waals surface area contributed by atoms with Crippen LogP contribution in [0.1, 0.15) is 18.9 Å². The molecule has 0 bridgehead atoms. The topological polar surface area (TPSA) is 18.5 Å². The van der Waals surface area contributed by atoms with Gasteiger partial charge in [0.25, 0.3) is 0 Å². The number of hydrogen-bond acceptors (Lipinski definition) is 2. The van der Waals surface area contributed by atoms with Crippen LogP contribution in [-0.4, -0.2) is 19.3 Å². The van der Waals surface area contributed by atoms with Gasteiger partial charge in [-0.25, -0.2) is 0 Å². The van der Waals surface area contributed by atoms with Gasteiger partial charge >= 0.3 is 0 Å². The molecule has 102 valence electrons. The maximum Gasteiger partial charge on any atom is 0.0785 e. The third-order valence-electron chi connectivity index (χ3n) is 3.13. The maximum atomic E-state index is 5.76. The first-order valence-corrected chi connectivity index (χ1v) is 6.91. The first-order valence-electron chi connectivity index (χ1n) is 6.91. The summed E-state index contributed by atoms with van der Waals surface area (Å²) in [5.41, 5.74) is 1.20. The van der Waals surface area contributed by atoms with Gasteiger partial charge in [-0.05, 0) is 18.9 Å². The average molecular weight is 258 g/mol. The van der Waals surface area contributed by atoms with Crippen LogP contribution in [0.2, 0.25) is 0 Å². The Morgan fingerprint density at radius 3 is 2.79 bits per heavy atom. The minimum atomic E-state index is 0.128. The molecular formula is C17H22O2. The molecule has 0 heterocycles. The molecule has 1 aromatic carbocycles. The van der Waals surface area contributed by atoms with E-state index in [0.29, 0.717) is 19.1 Å². The smallest absolute Gasteiger partial charge is 0.0785 e. The van der Waals surface area contributed by atoms with E-state index < -0.39 is 0 Å². The lowest BCUT2D eigenvalue weighted by Crippen LogP contribution is -2.18. The highest BCUT2D eigenvalue weighted by molar-refractivity contribution is 5.13. The standard InChI is InChI=1S/C17H22O2/c1-15(19-14-17-10-6-3-7-11-17)12-18-13-16-8-4-2-5-9-16/h2-8,10-11,15-16H,9,12-14H2,1H3. The summed E-state index contributed by atoms with van der Waals surface area (Å²) in [7, 11) is 0. The lowest BCUT2D eigenvalue weighted by molar-refractivity contribution is -0.0197. The van der Waals surface area contributed by atoms with Gasteiger partial charge in [-0.15, -0.1) is 0 Å². The molecule has 2 unspecified atom stereocenters. The van der Waals surface area contributed by atoms with Crippen LogP contribution in [-0.2, 0) is 16.1 Å². The molecule has 2 nitrogen and oxygen atoms in total. The highest BCUT2D eigenvalue weighted by Gasteiger charge is 2.07. The Bertz CT molecular complexity index is 409. The summed E-state index contributed by atoms with van der Waals surface area (Å²) in [5, 5.41) is 0. The number of benzene rings is 1. The lowest BCUT2D eigenvalue weighted by Gasteiger charge is -2.17. The van der Waals surface area contributed by atoms with Crippen molar-refractivity contribution in [2.45, 2.75) is 26.1 Å². The summed E-state index contributed by atoms with van der Waals surface area (Å²) < 4.78 is 11.5. The molecule has 1 aliphatic carbocycles. The van der Waals surface area contributed by atoms with Gasteiger partial charge in [-0.1, -0.05) is 54.6 Å². The van der Waals surface area contributed by atoms with Crippen LogP contribution < -0.4 is 0 Å². The van der Waals surface area contributed by atoms with Gasteiger partial charge in [0.2, 0.25) is 0 Å². The third-order valence-corrected chi connectivity index (χ3v) is 3.13. The maximum absolute atomic E-state index is 5.76. The fraction of sp³-hybridized carbons (Fsp3) is 0.412. The Kier molecular flexibility index (Phi) is 5.86. The molecule has 19 heavy (non-hydrogen) atoms. The quantitative estimate of drug-likeness (QED) is 0.741. The van der Waals surface area contributed by atoms with E-state index in [1.54, 1.807) is 0 Å². The van der Waals surface area contributed by atoms with E-state index in [0.717, 1.165) is 13.0 Å². The molecule has 0 fully saturated rings. The molecule has 0 aromatic heterocycles. The largest absolute Gasteiger partial charge is 0.378 e. The van der Waals surface area contributed by atoms with E-state index in [2.05, 4.69) is 43.4 Å². The van der Waals surface area contributed by atoms with E-state index >= 15 is 0 Å². The summed E-state index contributed by atoms with van der Waals surface area (Å²) in [4.78, 5) is 0. The third kappa shape index (κ3) is 5.41. The molecular weight excluding hydrogens is 236 g/mol. The van der Waals surface area contributed by atoms with Crippen molar-refractivity contribution in [2.24, 2.45) is 5.92 Å². The van der Waals surface area contributed by atoms with E-state index in [4.69, 9.17) is 9.47 Å². The summed E-state index contributed by atoms with van der Waals surface area (Å²) >= 11 is 0. The fourth-order valence-corrected chi connectivity index (χ4v) is 2.00. The molecule has 0 saturated carbocycles. The van der Waals surface area contributed by atoms with Crippen LogP contribution >= 0.6 is 0 Å². The van der Waals surface area contributed by atoms with Gasteiger partial charge in [0.1, 0.15) is 0 Å². The number of ether oxygens (including phenoxy) is 2. The van der Waals surface area contributed by atoms with Gasteiger partial charge in [-0.3, -0.25) is 0 Å². The SMILES string of the molecule is CC(COCC1C=CC=CC1)OCc1ccccc1. The molecule has 0 N–H and O–H groups in total. The second kappa shape index (κ2) is 7.93. The summed E-state index contributed by atoms with van der Waals surface area (Å²) in [6.07, 6.45) is 9.77. The molecule has 0 aliphatic heterocycles. The van der Waals surface area contributed by atoms with Crippen molar-refractivity contribution in [3.05, 3.63) is 60.2 Å². The molecule has 1 aliphatic rings. The second-order valence-corrected chi connectivity index (χ2v) is 4.95. The Hall–Kier alpha value is -1.38. The van der Waals surface area contributed by atoms with Gasteiger partial charge in [-0.2, -0.15) is 0 Å². The first kappa shape index (κ1) is 14.0. The summed E-state index contributed by atoms with van der Waals surface area (Å²) in [6.45, 7) is 4.14. The summed E-state index contributed by atoms with van der Waals surface area (Å²) in [6, 6.07) is 10.2. The second-order valence-electron chi connectivity index (χ2n) is 4.95. The number of rotatable bonds is 7. The van der Waals surface area contributed by atoms with Gasteiger partial charge in [0.15, 0.2) is 0 Å². The monoisotopic (exact) mass is 258 g/mol. The van der Waals surface area contributed by atoms with Crippen LogP contribution in [0.5, 0.6) is 0 Å². The molecule has 0 amide bonds. The Morgan fingerprint density at radius 1 is 1.21 bits per heavy atom. The van der Waals surface area contributed by atoms with Crippen molar-refractivity contribution in [3.63, 3.8) is 0 Å². The predicted molar refractivity (Wildman–Crippen MR) is 77.9 cm³/mol. The Labute approximate surface area is 115 Å². The average Bonchev–Trinajstić information content (AvgIpc) is 2.47. The van der Waals surface area contributed by atoms with Crippen LogP contribution in [0.4, 0.5) is 0 Å². The van der Waals surface area contributed by atoms with Crippen molar-refractivity contribution in [3.8, 4) is 0 Å². The van der Waals surface area contributed by atoms with E-state index in [9.17, 15) is 0 Å². The van der Waals surface area contributed by atoms with Crippen molar-refractivity contribution in [1.82, 2.24) is 0 Å². The molecule has 2 rings (SSSR count). The first-order chi connectivity index (χ1) is 9.34. The van der Waals surface area contributed by atoms with Crippen molar-refractivity contribution in [1.29, 1.82) is 0 Å². The minimum absolute atomic E-state index is 0.128. The normalized spacial score (nSPS) is 19.5. The zero-order valence-electron chi connectivity index (χ0n) is 11.5. The van der Waals surface area contributed by atoms with E-state index in [1.807, 2.05) is 18.2 Å². The van der Waals surface area contributed by atoms with Gasteiger partial charge in [0.05, 0.1) is 25.9 Å². The zero-order valence-corrected chi connectivity index (χ0v) is 11.5. The van der Waals surface area contributed by atoms with Crippen molar-refractivity contribution >= 4 is 0 Å². The number of hydrogen-bond donors (Lipinski definition) is 0. The van der Waals surface area contributed by atoms with Gasteiger partial charge in [0, 0.05) is 5.92 Å². The lowest BCUT2D eigenvalue weighted by atomic mass is 10.0. The molecule has 0 saturated heterocycles. The molecule has 2 atom stereocenters. The van der Waals surface area contributed by atoms with Crippen LogP contribution in [0.25, 0.3) is 0 Å². The summed E-state index contributed by atoms with van der Waals surface area (Å²) in [5.74, 6) is 0.520. The molecule has 0 radical (unpaired) electrons. The van der Waals surface area contributed by atoms with Crippen molar-refractivity contribution in [2.75, 3.05) is 13.2 Å². The molecule has 0 spiro atoms. The van der Waals surface area contributed by atoms with E-state index in [1.165, 1.54) is 5.56 Å². The minimum Gasteiger partial charge on any atom is -0.378 e. The van der Waals surface area contributed by atoms with Gasteiger partial charge < -0.3 is 9.47 Å². The molecule has 1 aromatic rings. The zero-order chi connectivity index (χ0) is 13.3. The predicted octanol–water partition coefficient (Wildman–Crippen LogP) is 3.74. The van der Waals surface area contributed by atoms with Crippen LogP contribution in [0.15, 0.2) is 54.6 Å². The highest BCUT2D eigenvalue weighted by atomic mass is 16.5. The Morgan fingerprint density at radius 2 is 2.05 bits per heavy atom. The van der Waals surface area contributed by atoms with Crippen LogP contribution in [0.3, 0.4) is 0 Å². The van der Waals surface area contributed by atoms with E-state index in [-0.39, 0.29) is 6.10 Å². The number of allylic oxidation sites excluding steroid dienone is 3.